The molecular formula is C11H13BrClNO3S. The average Bonchev–Trinajstić information content (AvgIpc) is 2.67. The van der Waals surface area contributed by atoms with Gasteiger partial charge >= 0.3 is 0 Å². The maximum Gasteiger partial charge on any atom is 0.240 e. The van der Waals surface area contributed by atoms with Gasteiger partial charge in [-0.1, -0.05) is 11.6 Å². The Morgan fingerprint density at radius 1 is 1.39 bits per heavy atom. The molecule has 2 N–H and O–H groups in total. The highest BCUT2D eigenvalue weighted by atomic mass is 79.9. The molecule has 0 amide bonds. The summed E-state index contributed by atoms with van der Waals surface area (Å²) in [6.07, 6.45) is 1.34. The second-order valence-electron chi connectivity index (χ2n) is 4.36. The van der Waals surface area contributed by atoms with E-state index in [0.717, 1.165) is 0 Å². The number of halogens is 2. The summed E-state index contributed by atoms with van der Waals surface area (Å²) < 4.78 is 27.4. The summed E-state index contributed by atoms with van der Waals surface area (Å²) in [4.78, 5) is 0.136. The molecule has 0 radical (unpaired) electrons. The number of sulfonamides is 1. The topological polar surface area (TPSA) is 66.4 Å². The molecule has 0 aliphatic heterocycles. The molecule has 18 heavy (non-hydrogen) atoms. The Morgan fingerprint density at radius 3 is 2.67 bits per heavy atom. The third kappa shape index (κ3) is 3.24. The number of hydrogen-bond acceptors (Lipinski definition) is 3. The highest BCUT2D eigenvalue weighted by molar-refractivity contribution is 9.10. The lowest BCUT2D eigenvalue weighted by Crippen LogP contribution is -2.33. The van der Waals surface area contributed by atoms with Crippen LogP contribution in [0.25, 0.3) is 0 Å². The second kappa shape index (κ2) is 5.46. The molecular weight excluding hydrogens is 342 g/mol. The van der Waals surface area contributed by atoms with Gasteiger partial charge in [-0.15, -0.1) is 0 Å². The fourth-order valence-corrected chi connectivity index (χ4v) is 3.80. The standard InChI is InChI=1S/C11H13BrClNO3S/c12-10-4-3-9(6-11(10)13)18(16,17)14-7-1-2-8(15)5-7/h3-4,6-8,14-15H,1-2,5H2/t7-,8+/m1/s1. The lowest BCUT2D eigenvalue weighted by Gasteiger charge is -2.13. The van der Waals surface area contributed by atoms with Crippen LogP contribution in [0.2, 0.25) is 5.02 Å². The molecule has 0 bridgehead atoms. The third-order valence-electron chi connectivity index (χ3n) is 2.93. The van der Waals surface area contributed by atoms with E-state index in [0.29, 0.717) is 28.8 Å². The molecule has 1 aliphatic carbocycles. The molecule has 0 aromatic heterocycles. The summed E-state index contributed by atoms with van der Waals surface area (Å²) in [5.41, 5.74) is 0. The van der Waals surface area contributed by atoms with Gasteiger partial charge in [-0.2, -0.15) is 0 Å². The molecule has 1 fully saturated rings. The molecule has 1 aromatic rings. The van der Waals surface area contributed by atoms with E-state index in [1.807, 2.05) is 0 Å². The van der Waals surface area contributed by atoms with Crippen molar-refractivity contribution in [3.8, 4) is 0 Å². The van der Waals surface area contributed by atoms with E-state index >= 15 is 0 Å². The van der Waals surface area contributed by atoms with Crippen LogP contribution in [-0.4, -0.2) is 25.7 Å². The van der Waals surface area contributed by atoms with Gasteiger partial charge < -0.3 is 5.11 Å². The first-order valence-electron chi connectivity index (χ1n) is 5.54. The molecule has 2 rings (SSSR count). The van der Waals surface area contributed by atoms with Crippen molar-refractivity contribution in [2.24, 2.45) is 0 Å². The summed E-state index contributed by atoms with van der Waals surface area (Å²) in [7, 11) is -3.57. The van der Waals surface area contributed by atoms with Crippen LogP contribution in [0.15, 0.2) is 27.6 Å². The lowest BCUT2D eigenvalue weighted by molar-refractivity contribution is 0.181. The molecule has 1 aliphatic rings. The third-order valence-corrected chi connectivity index (χ3v) is 5.68. The molecule has 0 spiro atoms. The fourth-order valence-electron chi connectivity index (χ4n) is 2.00. The first-order chi connectivity index (χ1) is 8.38. The molecule has 0 saturated heterocycles. The molecule has 1 aromatic carbocycles. The minimum Gasteiger partial charge on any atom is -0.393 e. The highest BCUT2D eigenvalue weighted by Gasteiger charge is 2.27. The van der Waals surface area contributed by atoms with Crippen LogP contribution in [0, 0.1) is 0 Å². The van der Waals surface area contributed by atoms with Crippen molar-refractivity contribution in [2.75, 3.05) is 0 Å². The Labute approximate surface area is 120 Å². The smallest absolute Gasteiger partial charge is 0.240 e. The van der Waals surface area contributed by atoms with Gasteiger partial charge in [-0.25, -0.2) is 13.1 Å². The molecule has 1 saturated carbocycles. The minimum atomic E-state index is -3.57. The SMILES string of the molecule is O=S(=O)(N[C@@H]1CC[C@H](O)C1)c1ccc(Br)c(Cl)c1. The lowest BCUT2D eigenvalue weighted by atomic mass is 10.3. The zero-order valence-electron chi connectivity index (χ0n) is 9.44. The van der Waals surface area contributed by atoms with Gasteiger partial charge in [-0.05, 0) is 53.4 Å². The maximum absolute atomic E-state index is 12.1. The number of aliphatic hydroxyl groups is 1. The van der Waals surface area contributed by atoms with Crippen LogP contribution in [-0.2, 0) is 10.0 Å². The van der Waals surface area contributed by atoms with E-state index in [1.165, 1.54) is 12.1 Å². The molecule has 4 nitrogen and oxygen atoms in total. The monoisotopic (exact) mass is 353 g/mol. The van der Waals surface area contributed by atoms with Crippen LogP contribution in [0.5, 0.6) is 0 Å². The Morgan fingerprint density at radius 2 is 2.11 bits per heavy atom. The molecule has 0 heterocycles. The van der Waals surface area contributed by atoms with E-state index in [9.17, 15) is 13.5 Å². The predicted octanol–water partition coefficient (Wildman–Crippen LogP) is 2.29. The summed E-state index contributed by atoms with van der Waals surface area (Å²) in [6, 6.07) is 4.29. The number of aliphatic hydroxyl groups excluding tert-OH is 1. The van der Waals surface area contributed by atoms with Gasteiger partial charge in [0.25, 0.3) is 0 Å². The summed E-state index contributed by atoms with van der Waals surface area (Å²) in [6.45, 7) is 0. The van der Waals surface area contributed by atoms with Crippen molar-refractivity contribution in [1.82, 2.24) is 4.72 Å². The van der Waals surface area contributed by atoms with E-state index in [4.69, 9.17) is 11.6 Å². The van der Waals surface area contributed by atoms with Crippen LogP contribution >= 0.6 is 27.5 Å². The largest absolute Gasteiger partial charge is 0.393 e. The molecule has 2 atom stereocenters. The number of nitrogens with one attached hydrogen (secondary N) is 1. The van der Waals surface area contributed by atoms with Crippen molar-refractivity contribution in [3.63, 3.8) is 0 Å². The zero-order valence-corrected chi connectivity index (χ0v) is 12.6. The fraction of sp³-hybridized carbons (Fsp3) is 0.455. The Balaban J connectivity index is 2.17. The number of benzene rings is 1. The zero-order chi connectivity index (χ0) is 13.3. The summed E-state index contributed by atoms with van der Waals surface area (Å²) in [5.74, 6) is 0. The number of hydrogen-bond donors (Lipinski definition) is 2. The molecule has 7 heteroatoms. The van der Waals surface area contributed by atoms with Crippen molar-refractivity contribution in [2.45, 2.75) is 36.3 Å². The van der Waals surface area contributed by atoms with Crippen LogP contribution in [0.1, 0.15) is 19.3 Å². The van der Waals surface area contributed by atoms with E-state index in [-0.39, 0.29) is 10.9 Å². The van der Waals surface area contributed by atoms with Gasteiger partial charge in [0, 0.05) is 10.5 Å². The molecule has 0 unspecified atom stereocenters. The average molecular weight is 355 g/mol. The minimum absolute atomic E-state index is 0.136. The van der Waals surface area contributed by atoms with Crippen molar-refractivity contribution in [1.29, 1.82) is 0 Å². The van der Waals surface area contributed by atoms with Gasteiger partial charge in [0.15, 0.2) is 0 Å². The van der Waals surface area contributed by atoms with Crippen molar-refractivity contribution in [3.05, 3.63) is 27.7 Å². The van der Waals surface area contributed by atoms with E-state index in [2.05, 4.69) is 20.7 Å². The Hall–Kier alpha value is -0.140. The quantitative estimate of drug-likeness (QED) is 0.875. The van der Waals surface area contributed by atoms with Crippen LogP contribution in [0.3, 0.4) is 0 Å². The van der Waals surface area contributed by atoms with E-state index in [1.54, 1.807) is 6.07 Å². The molecule has 100 valence electrons. The second-order valence-corrected chi connectivity index (χ2v) is 7.34. The summed E-state index contributed by atoms with van der Waals surface area (Å²) in [5, 5.41) is 9.74. The highest BCUT2D eigenvalue weighted by Crippen LogP contribution is 2.26. The van der Waals surface area contributed by atoms with Gasteiger partial charge in [-0.3, -0.25) is 0 Å². The first kappa shape index (κ1) is 14.3. The summed E-state index contributed by atoms with van der Waals surface area (Å²) >= 11 is 9.09. The van der Waals surface area contributed by atoms with Crippen LogP contribution in [0.4, 0.5) is 0 Å². The normalized spacial score (nSPS) is 24.4. The maximum atomic E-state index is 12.1. The van der Waals surface area contributed by atoms with Crippen LogP contribution < -0.4 is 4.72 Å². The number of rotatable bonds is 3. The van der Waals surface area contributed by atoms with Gasteiger partial charge in [0.1, 0.15) is 0 Å². The predicted molar refractivity (Wildman–Crippen MR) is 73.1 cm³/mol. The first-order valence-corrected chi connectivity index (χ1v) is 8.19. The van der Waals surface area contributed by atoms with E-state index < -0.39 is 16.1 Å². The van der Waals surface area contributed by atoms with Gasteiger partial charge in [0.05, 0.1) is 16.0 Å². The van der Waals surface area contributed by atoms with Gasteiger partial charge in [0.2, 0.25) is 10.0 Å². The van der Waals surface area contributed by atoms with Crippen molar-refractivity contribution >= 4 is 37.6 Å². The Kier molecular flexibility index (Phi) is 4.33. The Bertz CT molecular complexity index is 549. The van der Waals surface area contributed by atoms with Crippen molar-refractivity contribution < 1.29 is 13.5 Å².